The van der Waals surface area contributed by atoms with Gasteiger partial charge in [-0.25, -0.2) is 9.78 Å². The Morgan fingerprint density at radius 1 is 1.45 bits per heavy atom. The number of aromatic nitrogens is 1. The Hall–Kier alpha value is -2.27. The number of methoxy groups -OCH3 is 1. The maximum Gasteiger partial charge on any atom is 0.337 e. The highest BCUT2D eigenvalue weighted by atomic mass is 35.5. The molecule has 0 aliphatic heterocycles. The maximum atomic E-state index is 11.0. The van der Waals surface area contributed by atoms with E-state index in [4.69, 9.17) is 21.4 Å². The molecule has 104 valence electrons. The van der Waals surface area contributed by atoms with Gasteiger partial charge in [0.1, 0.15) is 11.6 Å². The molecule has 0 aliphatic carbocycles. The van der Waals surface area contributed by atoms with E-state index in [0.717, 1.165) is 11.3 Å². The lowest BCUT2D eigenvalue weighted by Crippen LogP contribution is -2.05. The van der Waals surface area contributed by atoms with Crippen LogP contribution in [-0.2, 0) is 6.54 Å². The predicted octanol–water partition coefficient (Wildman–Crippen LogP) is 3.05. The number of halogens is 1. The number of pyridine rings is 1. The van der Waals surface area contributed by atoms with Crippen LogP contribution in [-0.4, -0.2) is 23.2 Å². The van der Waals surface area contributed by atoms with E-state index in [2.05, 4.69) is 10.3 Å². The maximum absolute atomic E-state index is 11.0. The van der Waals surface area contributed by atoms with Crippen molar-refractivity contribution >= 4 is 23.4 Å². The van der Waals surface area contributed by atoms with E-state index in [1.54, 1.807) is 7.11 Å². The predicted molar refractivity (Wildman–Crippen MR) is 76.5 cm³/mol. The monoisotopic (exact) mass is 292 g/mol. The van der Waals surface area contributed by atoms with Gasteiger partial charge in [-0.15, -0.1) is 0 Å². The number of hydrogen-bond donors (Lipinski definition) is 2. The molecular formula is C14H13ClN2O3. The van der Waals surface area contributed by atoms with Crippen LogP contribution in [0.15, 0.2) is 36.5 Å². The zero-order valence-electron chi connectivity index (χ0n) is 10.8. The summed E-state index contributed by atoms with van der Waals surface area (Å²) in [4.78, 5) is 15.0. The van der Waals surface area contributed by atoms with Gasteiger partial charge in [0.25, 0.3) is 0 Å². The minimum Gasteiger partial charge on any atom is -0.497 e. The Morgan fingerprint density at radius 3 is 2.95 bits per heavy atom. The van der Waals surface area contributed by atoms with Crippen molar-refractivity contribution in [2.75, 3.05) is 12.4 Å². The highest BCUT2D eigenvalue weighted by Crippen LogP contribution is 2.24. The molecule has 2 N–H and O–H groups in total. The van der Waals surface area contributed by atoms with Crippen molar-refractivity contribution < 1.29 is 14.6 Å². The summed E-state index contributed by atoms with van der Waals surface area (Å²) in [5.41, 5.74) is 0.998. The van der Waals surface area contributed by atoms with Crippen molar-refractivity contribution in [2.24, 2.45) is 0 Å². The standard InChI is InChI=1S/C14H13ClN2O3/c1-20-10-4-2-3-9(7-10)8-17-13-12(15)11(14(18)19)5-6-16-13/h2-7H,8H2,1H3,(H,16,17)(H,18,19). The smallest absolute Gasteiger partial charge is 0.337 e. The fourth-order valence-electron chi connectivity index (χ4n) is 1.70. The molecule has 1 heterocycles. The van der Waals surface area contributed by atoms with Gasteiger partial charge in [0.05, 0.1) is 17.7 Å². The highest BCUT2D eigenvalue weighted by molar-refractivity contribution is 6.35. The van der Waals surface area contributed by atoms with Crippen molar-refractivity contribution in [1.29, 1.82) is 0 Å². The molecule has 0 radical (unpaired) electrons. The molecule has 6 heteroatoms. The first-order chi connectivity index (χ1) is 9.61. The molecule has 5 nitrogen and oxygen atoms in total. The molecule has 1 aromatic heterocycles. The summed E-state index contributed by atoms with van der Waals surface area (Å²) in [7, 11) is 1.60. The Kier molecular flexibility index (Phi) is 4.42. The van der Waals surface area contributed by atoms with Crippen LogP contribution in [0.1, 0.15) is 15.9 Å². The minimum absolute atomic E-state index is 0.0230. The van der Waals surface area contributed by atoms with Crippen molar-refractivity contribution in [3.05, 3.63) is 52.7 Å². The van der Waals surface area contributed by atoms with Crippen LogP contribution in [0.5, 0.6) is 5.75 Å². The summed E-state index contributed by atoms with van der Waals surface area (Å²) in [6, 6.07) is 8.88. The summed E-state index contributed by atoms with van der Waals surface area (Å²) >= 11 is 6.00. The van der Waals surface area contributed by atoms with Crippen LogP contribution >= 0.6 is 11.6 Å². The SMILES string of the molecule is COc1cccc(CNc2nccc(C(=O)O)c2Cl)c1. The number of nitrogens with one attached hydrogen (secondary N) is 1. The van der Waals surface area contributed by atoms with Gasteiger partial charge in [0, 0.05) is 12.7 Å². The molecular weight excluding hydrogens is 280 g/mol. The van der Waals surface area contributed by atoms with Crippen LogP contribution in [0, 0.1) is 0 Å². The Morgan fingerprint density at radius 2 is 2.25 bits per heavy atom. The second-order valence-corrected chi connectivity index (χ2v) is 4.41. The number of carboxylic acid groups (broad SMARTS) is 1. The van der Waals surface area contributed by atoms with E-state index < -0.39 is 5.97 Å². The third-order valence-electron chi connectivity index (χ3n) is 2.71. The quantitative estimate of drug-likeness (QED) is 0.886. The van der Waals surface area contributed by atoms with Gasteiger partial charge in [-0.3, -0.25) is 0 Å². The molecule has 2 aromatic rings. The summed E-state index contributed by atoms with van der Waals surface area (Å²) in [5, 5.41) is 12.1. The summed E-state index contributed by atoms with van der Waals surface area (Å²) in [6.07, 6.45) is 1.41. The fourth-order valence-corrected chi connectivity index (χ4v) is 1.96. The molecule has 0 saturated heterocycles. The van der Waals surface area contributed by atoms with Crippen LogP contribution < -0.4 is 10.1 Å². The van der Waals surface area contributed by atoms with Crippen LogP contribution in [0.4, 0.5) is 5.82 Å². The van der Waals surface area contributed by atoms with Crippen LogP contribution in [0.3, 0.4) is 0 Å². The number of hydrogen-bond acceptors (Lipinski definition) is 4. The Bertz CT molecular complexity index is 632. The number of anilines is 1. The van der Waals surface area contributed by atoms with Crippen molar-refractivity contribution in [3.63, 3.8) is 0 Å². The molecule has 0 bridgehead atoms. The lowest BCUT2D eigenvalue weighted by Gasteiger charge is -2.09. The van der Waals surface area contributed by atoms with Crippen LogP contribution in [0.2, 0.25) is 5.02 Å². The average molecular weight is 293 g/mol. The van der Waals surface area contributed by atoms with Crippen LogP contribution in [0.25, 0.3) is 0 Å². The number of nitrogens with zero attached hydrogens (tertiary/aromatic N) is 1. The van der Waals surface area contributed by atoms with E-state index in [1.165, 1.54) is 12.3 Å². The van der Waals surface area contributed by atoms with E-state index in [1.807, 2.05) is 24.3 Å². The minimum atomic E-state index is -1.08. The normalized spacial score (nSPS) is 10.1. The van der Waals surface area contributed by atoms with Gasteiger partial charge in [0.15, 0.2) is 0 Å². The summed E-state index contributed by atoms with van der Waals surface area (Å²) < 4.78 is 5.13. The average Bonchev–Trinajstić information content (AvgIpc) is 2.46. The summed E-state index contributed by atoms with van der Waals surface area (Å²) in [6.45, 7) is 0.465. The molecule has 0 saturated carbocycles. The largest absolute Gasteiger partial charge is 0.497 e. The van der Waals surface area contributed by atoms with Gasteiger partial charge in [-0.1, -0.05) is 23.7 Å². The highest BCUT2D eigenvalue weighted by Gasteiger charge is 2.12. The number of benzene rings is 1. The number of ether oxygens (including phenoxy) is 1. The molecule has 0 unspecified atom stereocenters. The Labute approximate surface area is 121 Å². The zero-order valence-corrected chi connectivity index (χ0v) is 11.5. The lowest BCUT2D eigenvalue weighted by molar-refractivity contribution is 0.0697. The van der Waals surface area contributed by atoms with E-state index >= 15 is 0 Å². The van der Waals surface area contributed by atoms with E-state index in [9.17, 15) is 4.79 Å². The fraction of sp³-hybridized carbons (Fsp3) is 0.143. The molecule has 1 aromatic carbocycles. The second kappa shape index (κ2) is 6.25. The molecule has 0 fully saturated rings. The summed E-state index contributed by atoms with van der Waals surface area (Å²) in [5.74, 6) is 0.0128. The topological polar surface area (TPSA) is 71.5 Å². The first kappa shape index (κ1) is 14.1. The molecule has 20 heavy (non-hydrogen) atoms. The second-order valence-electron chi connectivity index (χ2n) is 4.03. The number of carboxylic acids is 1. The third kappa shape index (κ3) is 3.19. The Balaban J connectivity index is 2.14. The van der Waals surface area contributed by atoms with E-state index in [0.29, 0.717) is 12.4 Å². The van der Waals surface area contributed by atoms with Gasteiger partial charge < -0.3 is 15.2 Å². The first-order valence-electron chi connectivity index (χ1n) is 5.86. The molecule has 0 spiro atoms. The van der Waals surface area contributed by atoms with Gasteiger partial charge in [-0.05, 0) is 23.8 Å². The van der Waals surface area contributed by atoms with Crippen molar-refractivity contribution in [3.8, 4) is 5.75 Å². The van der Waals surface area contributed by atoms with Crippen molar-refractivity contribution in [2.45, 2.75) is 6.54 Å². The molecule has 0 atom stereocenters. The molecule has 0 amide bonds. The number of aromatic carboxylic acids is 1. The lowest BCUT2D eigenvalue weighted by atomic mass is 10.2. The van der Waals surface area contributed by atoms with Gasteiger partial charge in [-0.2, -0.15) is 0 Å². The number of rotatable bonds is 5. The van der Waals surface area contributed by atoms with E-state index in [-0.39, 0.29) is 10.6 Å². The molecule has 0 aliphatic rings. The number of carbonyl (C=O) groups is 1. The first-order valence-corrected chi connectivity index (χ1v) is 6.24. The van der Waals surface area contributed by atoms with Gasteiger partial charge in [0.2, 0.25) is 0 Å². The van der Waals surface area contributed by atoms with Crippen molar-refractivity contribution in [1.82, 2.24) is 4.98 Å². The zero-order chi connectivity index (χ0) is 14.5. The third-order valence-corrected chi connectivity index (χ3v) is 3.10. The van der Waals surface area contributed by atoms with Gasteiger partial charge >= 0.3 is 5.97 Å². The molecule has 2 rings (SSSR count).